The lowest BCUT2D eigenvalue weighted by Gasteiger charge is -2.23. The van der Waals surface area contributed by atoms with Crippen LogP contribution < -0.4 is 5.32 Å². The minimum atomic E-state index is -0.654. The number of alkyl carbamates (subject to hydrolysis) is 1. The quantitative estimate of drug-likeness (QED) is 0.714. The fourth-order valence-corrected chi connectivity index (χ4v) is 1.89. The number of carbonyl (C=O) groups excluding carboxylic acids is 2. The minimum absolute atomic E-state index is 0.132. The van der Waals surface area contributed by atoms with Crippen molar-refractivity contribution in [2.24, 2.45) is 0 Å². The van der Waals surface area contributed by atoms with E-state index in [4.69, 9.17) is 4.74 Å². The number of hydrogen-bond donors (Lipinski definition) is 1. The predicted octanol–water partition coefficient (Wildman–Crippen LogP) is -0.353. The average molecular weight is 241 g/mol. The second kappa shape index (κ2) is 4.91. The maximum Gasteiger partial charge on any atom is 0.408 e. The Hall–Kier alpha value is -1.30. The number of nitrogens with zero attached hydrogens (tertiary/aromatic N) is 2. The number of nitrogens with one attached hydrogen (secondary N) is 1. The molecular weight excluding hydrogens is 222 g/mol. The summed E-state index contributed by atoms with van der Waals surface area (Å²) in [5.41, 5.74) is 0. The van der Waals surface area contributed by atoms with Crippen LogP contribution in [-0.4, -0.2) is 67.7 Å². The lowest BCUT2D eigenvalue weighted by molar-refractivity contribution is -0.137. The summed E-state index contributed by atoms with van der Waals surface area (Å²) in [7, 11) is 3.82. The van der Waals surface area contributed by atoms with Crippen LogP contribution >= 0.6 is 0 Å². The van der Waals surface area contributed by atoms with Gasteiger partial charge in [0, 0.05) is 26.2 Å². The first kappa shape index (κ1) is 12.2. The Kier molecular flexibility index (Phi) is 3.51. The molecule has 0 spiro atoms. The molecule has 0 bridgehead atoms. The Morgan fingerprint density at radius 2 is 2.12 bits per heavy atom. The van der Waals surface area contributed by atoms with Crippen molar-refractivity contribution in [3.05, 3.63) is 0 Å². The Morgan fingerprint density at radius 3 is 2.65 bits per heavy atom. The number of amides is 2. The number of ether oxygens (including phenoxy) is 1. The molecule has 1 aliphatic carbocycles. The second-order valence-electron chi connectivity index (χ2n) is 4.75. The van der Waals surface area contributed by atoms with Gasteiger partial charge in [-0.25, -0.2) is 4.79 Å². The lowest BCUT2D eigenvalue weighted by Crippen LogP contribution is -2.42. The Labute approximate surface area is 101 Å². The fourth-order valence-electron chi connectivity index (χ4n) is 1.89. The van der Waals surface area contributed by atoms with E-state index in [1.807, 2.05) is 0 Å². The van der Waals surface area contributed by atoms with Gasteiger partial charge in [0.15, 0.2) is 6.10 Å². The summed E-state index contributed by atoms with van der Waals surface area (Å²) in [5, 5.41) is 2.48. The van der Waals surface area contributed by atoms with E-state index in [0.717, 1.165) is 6.54 Å². The molecule has 6 heteroatoms. The van der Waals surface area contributed by atoms with Gasteiger partial charge >= 0.3 is 6.09 Å². The van der Waals surface area contributed by atoms with Crippen molar-refractivity contribution in [3.8, 4) is 0 Å². The third-order valence-electron chi connectivity index (χ3n) is 3.29. The minimum Gasteiger partial charge on any atom is -0.434 e. The van der Waals surface area contributed by atoms with Gasteiger partial charge in [0.05, 0.1) is 6.54 Å². The van der Waals surface area contributed by atoms with Crippen LogP contribution in [0.3, 0.4) is 0 Å². The van der Waals surface area contributed by atoms with E-state index >= 15 is 0 Å². The van der Waals surface area contributed by atoms with Crippen LogP contribution in [0.15, 0.2) is 0 Å². The molecule has 2 aliphatic rings. The van der Waals surface area contributed by atoms with Gasteiger partial charge in [0.2, 0.25) is 0 Å². The third kappa shape index (κ3) is 3.09. The molecule has 1 saturated heterocycles. The SMILES string of the molecule is CN(CCN(C)C1CC1)C(=O)[C@@H]1CNC(=O)O1. The van der Waals surface area contributed by atoms with Gasteiger partial charge < -0.3 is 19.9 Å². The molecule has 1 N–H and O–H groups in total. The summed E-state index contributed by atoms with van der Waals surface area (Å²) in [5.74, 6) is -0.132. The predicted molar refractivity (Wildman–Crippen MR) is 61.6 cm³/mol. The van der Waals surface area contributed by atoms with Crippen molar-refractivity contribution < 1.29 is 14.3 Å². The zero-order valence-electron chi connectivity index (χ0n) is 10.3. The summed E-state index contributed by atoms with van der Waals surface area (Å²) < 4.78 is 4.86. The normalized spacial score (nSPS) is 23.5. The number of rotatable bonds is 5. The molecule has 0 aromatic rings. The smallest absolute Gasteiger partial charge is 0.408 e. The maximum atomic E-state index is 11.9. The summed E-state index contributed by atoms with van der Waals surface area (Å²) in [6.45, 7) is 1.81. The molecule has 1 atom stereocenters. The van der Waals surface area contributed by atoms with E-state index < -0.39 is 12.2 Å². The van der Waals surface area contributed by atoms with Gasteiger partial charge in [-0.3, -0.25) is 4.79 Å². The van der Waals surface area contributed by atoms with Crippen molar-refractivity contribution in [2.45, 2.75) is 25.0 Å². The average Bonchev–Trinajstić information content (AvgIpc) is 3.07. The monoisotopic (exact) mass is 241 g/mol. The van der Waals surface area contributed by atoms with Gasteiger partial charge in [0.1, 0.15) is 0 Å². The third-order valence-corrected chi connectivity index (χ3v) is 3.29. The maximum absolute atomic E-state index is 11.9. The molecule has 1 aliphatic heterocycles. The van der Waals surface area contributed by atoms with Gasteiger partial charge in [-0.1, -0.05) is 0 Å². The second-order valence-corrected chi connectivity index (χ2v) is 4.75. The van der Waals surface area contributed by atoms with E-state index in [2.05, 4.69) is 17.3 Å². The molecule has 2 rings (SSSR count). The van der Waals surface area contributed by atoms with Crippen molar-refractivity contribution in [2.75, 3.05) is 33.7 Å². The first-order valence-corrected chi connectivity index (χ1v) is 5.97. The topological polar surface area (TPSA) is 61.9 Å². The highest BCUT2D eigenvalue weighted by molar-refractivity contribution is 5.86. The first-order chi connectivity index (χ1) is 8.08. The van der Waals surface area contributed by atoms with E-state index in [1.165, 1.54) is 12.8 Å². The van der Waals surface area contributed by atoms with Crippen LogP contribution in [0.25, 0.3) is 0 Å². The largest absolute Gasteiger partial charge is 0.434 e. The number of carbonyl (C=O) groups is 2. The molecule has 2 fully saturated rings. The van der Waals surface area contributed by atoms with Crippen molar-refractivity contribution in [1.29, 1.82) is 0 Å². The summed E-state index contributed by atoms with van der Waals surface area (Å²) >= 11 is 0. The highest BCUT2D eigenvalue weighted by atomic mass is 16.6. The van der Waals surface area contributed by atoms with Crippen molar-refractivity contribution in [1.82, 2.24) is 15.1 Å². The molecular formula is C11H19N3O3. The first-order valence-electron chi connectivity index (χ1n) is 5.97. The van der Waals surface area contributed by atoms with Gasteiger partial charge in [0.25, 0.3) is 5.91 Å². The molecule has 0 aromatic heterocycles. The molecule has 0 aromatic carbocycles. The summed E-state index contributed by atoms with van der Waals surface area (Å²) in [6.07, 6.45) is 1.36. The Morgan fingerprint density at radius 1 is 1.41 bits per heavy atom. The molecule has 1 heterocycles. The zero-order chi connectivity index (χ0) is 12.4. The highest BCUT2D eigenvalue weighted by Crippen LogP contribution is 2.24. The van der Waals surface area contributed by atoms with Crippen LogP contribution in [0.1, 0.15) is 12.8 Å². The van der Waals surface area contributed by atoms with Crippen LogP contribution in [0, 0.1) is 0 Å². The Balaban J connectivity index is 1.72. The van der Waals surface area contributed by atoms with E-state index in [0.29, 0.717) is 12.6 Å². The van der Waals surface area contributed by atoms with E-state index in [9.17, 15) is 9.59 Å². The molecule has 0 unspecified atom stereocenters. The molecule has 96 valence electrons. The molecule has 2 amide bonds. The van der Waals surface area contributed by atoms with Gasteiger partial charge in [-0.05, 0) is 19.9 Å². The molecule has 17 heavy (non-hydrogen) atoms. The van der Waals surface area contributed by atoms with Crippen LogP contribution in [0.4, 0.5) is 4.79 Å². The number of hydrogen-bond acceptors (Lipinski definition) is 4. The molecule has 1 saturated carbocycles. The highest BCUT2D eigenvalue weighted by Gasteiger charge is 2.32. The van der Waals surface area contributed by atoms with Crippen LogP contribution in [0.2, 0.25) is 0 Å². The fraction of sp³-hybridized carbons (Fsp3) is 0.818. The van der Waals surface area contributed by atoms with Crippen molar-refractivity contribution >= 4 is 12.0 Å². The summed E-state index contributed by atoms with van der Waals surface area (Å²) in [6, 6.07) is 0.699. The van der Waals surface area contributed by atoms with Gasteiger partial charge in [-0.2, -0.15) is 0 Å². The van der Waals surface area contributed by atoms with Gasteiger partial charge in [-0.15, -0.1) is 0 Å². The standard InChI is InChI=1S/C11H19N3O3/c1-13(8-3-4-8)5-6-14(2)10(15)9-7-12-11(16)17-9/h8-9H,3-7H2,1-2H3,(H,12,16)/t9-/m0/s1. The molecule has 6 nitrogen and oxygen atoms in total. The lowest BCUT2D eigenvalue weighted by atomic mass is 10.3. The van der Waals surface area contributed by atoms with Crippen molar-refractivity contribution in [3.63, 3.8) is 0 Å². The number of cyclic esters (lactones) is 1. The van der Waals surface area contributed by atoms with Crippen LogP contribution in [-0.2, 0) is 9.53 Å². The number of likely N-dealkylation sites (N-methyl/N-ethyl adjacent to an activating group) is 2. The Bertz CT molecular complexity index is 317. The zero-order valence-corrected chi connectivity index (χ0v) is 10.3. The van der Waals surface area contributed by atoms with E-state index in [1.54, 1.807) is 11.9 Å². The summed E-state index contributed by atoms with van der Waals surface area (Å²) in [4.78, 5) is 26.6. The van der Waals surface area contributed by atoms with Crippen LogP contribution in [0.5, 0.6) is 0 Å². The molecule has 0 radical (unpaired) electrons. The van der Waals surface area contributed by atoms with E-state index in [-0.39, 0.29) is 12.5 Å².